The fraction of sp³-hybridized carbons (Fsp3) is 0.433. The molecule has 2 aliphatic rings. The second-order valence-electron chi connectivity index (χ2n) is 11.0. The molecular weight excluding hydrogens is 594 g/mol. The number of nitrogens with one attached hydrogen (secondary N) is 1. The van der Waals surface area contributed by atoms with Gasteiger partial charge in [0, 0.05) is 38.1 Å². The van der Waals surface area contributed by atoms with E-state index in [0.717, 1.165) is 11.1 Å². The molecule has 5 rings (SSSR count). The number of rotatable bonds is 12. The van der Waals surface area contributed by atoms with Crippen molar-refractivity contribution >= 4 is 19.9 Å². The molecule has 13 heteroatoms. The Labute approximate surface area is 252 Å². The topological polar surface area (TPSA) is 155 Å². The van der Waals surface area contributed by atoms with Gasteiger partial charge < -0.3 is 25.0 Å². The number of pyridine rings is 1. The molecule has 43 heavy (non-hydrogen) atoms. The van der Waals surface area contributed by atoms with Crippen molar-refractivity contribution in [1.82, 2.24) is 14.6 Å². The van der Waals surface area contributed by atoms with E-state index in [1.807, 2.05) is 12.1 Å². The van der Waals surface area contributed by atoms with Crippen LogP contribution in [0.5, 0.6) is 5.75 Å². The third-order valence-corrected chi connectivity index (χ3v) is 11.5. The highest BCUT2D eigenvalue weighted by atomic mass is 32.2. The van der Waals surface area contributed by atoms with E-state index < -0.39 is 38.2 Å². The lowest BCUT2D eigenvalue weighted by Crippen LogP contribution is -2.47. The van der Waals surface area contributed by atoms with E-state index in [4.69, 9.17) is 14.6 Å². The Morgan fingerprint density at radius 3 is 2.49 bits per heavy atom. The lowest BCUT2D eigenvalue weighted by Gasteiger charge is -2.38. The highest BCUT2D eigenvalue weighted by Gasteiger charge is 2.44. The summed E-state index contributed by atoms with van der Waals surface area (Å²) in [6.07, 6.45) is 4.47. The average Bonchev–Trinajstić information content (AvgIpc) is 3.41. The van der Waals surface area contributed by atoms with E-state index >= 15 is 0 Å². The van der Waals surface area contributed by atoms with E-state index in [1.165, 1.54) is 16.4 Å². The summed E-state index contributed by atoms with van der Waals surface area (Å²) in [6, 6.07) is 16.6. The average molecular weight is 632 g/mol. The van der Waals surface area contributed by atoms with E-state index in [0.29, 0.717) is 44.7 Å². The monoisotopic (exact) mass is 631 g/mol. The van der Waals surface area contributed by atoms with E-state index in [-0.39, 0.29) is 34.7 Å². The minimum absolute atomic E-state index is 0.00443. The number of benzene rings is 2. The molecule has 3 N–H and O–H groups in total. The smallest absolute Gasteiger partial charge is 0.243 e. The molecule has 1 aromatic heterocycles. The number of aliphatic hydroxyl groups excluding tert-OH is 2. The Bertz CT molecular complexity index is 1580. The third-order valence-electron chi connectivity index (χ3n) is 7.94. The Hall–Kier alpha value is -2.91. The summed E-state index contributed by atoms with van der Waals surface area (Å²) in [7, 11) is -7.23. The lowest BCUT2D eigenvalue weighted by atomic mass is 9.88. The number of aliphatic hydroxyl groups is 2. The van der Waals surface area contributed by atoms with Crippen LogP contribution < -0.4 is 10.1 Å². The predicted octanol–water partition coefficient (Wildman–Crippen LogP) is 1.86. The number of nitrogens with zero attached hydrogens (tertiary/aromatic N) is 2. The van der Waals surface area contributed by atoms with Crippen LogP contribution in [0.4, 0.5) is 0 Å². The molecule has 11 nitrogen and oxygen atoms in total. The van der Waals surface area contributed by atoms with E-state index in [2.05, 4.69) is 10.3 Å². The van der Waals surface area contributed by atoms with Gasteiger partial charge in [-0.25, -0.2) is 16.8 Å². The van der Waals surface area contributed by atoms with Gasteiger partial charge in [-0.2, -0.15) is 4.31 Å². The summed E-state index contributed by atoms with van der Waals surface area (Å²) in [5.41, 5.74) is 1.42. The number of ether oxygens (including phenoxy) is 2. The first-order valence-corrected chi connectivity index (χ1v) is 17.3. The Morgan fingerprint density at radius 2 is 1.79 bits per heavy atom. The zero-order valence-electron chi connectivity index (χ0n) is 23.7. The number of hydrogen-bond donors (Lipinski definition) is 3. The van der Waals surface area contributed by atoms with E-state index in [9.17, 15) is 21.9 Å². The normalized spacial score (nSPS) is 19.8. The molecule has 3 heterocycles. The summed E-state index contributed by atoms with van der Waals surface area (Å²) in [6.45, 7) is 0.934. The van der Waals surface area contributed by atoms with Crippen LogP contribution in [0, 0.1) is 0 Å². The molecule has 3 aromatic rings. The van der Waals surface area contributed by atoms with Crippen molar-refractivity contribution in [3.05, 3.63) is 73.1 Å². The zero-order valence-corrected chi connectivity index (χ0v) is 25.3. The van der Waals surface area contributed by atoms with Crippen molar-refractivity contribution < 1.29 is 36.5 Å². The van der Waals surface area contributed by atoms with Gasteiger partial charge in [-0.3, -0.25) is 4.98 Å². The Kier molecular flexibility index (Phi) is 9.81. The molecule has 0 unspecified atom stereocenters. The van der Waals surface area contributed by atoms with Crippen LogP contribution in [0.2, 0.25) is 0 Å². The van der Waals surface area contributed by atoms with E-state index in [1.54, 1.807) is 48.8 Å². The summed E-state index contributed by atoms with van der Waals surface area (Å²) in [5.74, 6) is -0.0596. The van der Waals surface area contributed by atoms with Crippen LogP contribution in [0.15, 0.2) is 82.8 Å². The SMILES string of the molecule is O=S(=O)(CCO)c1cccc(OC[C@@H](O)CN[C@H]2COC3(CCN(S(=O)(=O)c4ccc(-c5cccnc5)cc4)CC3)C2)c1. The molecule has 0 radical (unpaired) electrons. The molecule has 0 amide bonds. The van der Waals surface area contributed by atoms with Gasteiger partial charge in [0.05, 0.1) is 34.4 Å². The van der Waals surface area contributed by atoms with Gasteiger partial charge >= 0.3 is 0 Å². The number of sulfone groups is 1. The first-order valence-electron chi connectivity index (χ1n) is 14.2. The fourth-order valence-electron chi connectivity index (χ4n) is 5.51. The van der Waals surface area contributed by atoms with Crippen molar-refractivity contribution in [2.24, 2.45) is 0 Å². The van der Waals surface area contributed by atoms with Gasteiger partial charge in [0.1, 0.15) is 18.5 Å². The standard InChI is InChI=1S/C30H37N3O8S2/c34-15-16-42(36,37)29-5-1-4-27(17-29)40-22-26(35)20-32-25-18-30(41-21-25)10-13-33(14-11-30)43(38,39)28-8-6-23(7-9-28)24-3-2-12-31-19-24/h1-9,12,17,19,25-26,32,34-35H,10-11,13-16,18,20-22H2/t25-,26+/m1/s1. The van der Waals surface area contributed by atoms with Crippen LogP contribution >= 0.6 is 0 Å². The minimum Gasteiger partial charge on any atom is -0.491 e. The molecule has 0 bridgehead atoms. The van der Waals surface area contributed by atoms with Gasteiger partial charge in [-0.1, -0.05) is 24.3 Å². The summed E-state index contributed by atoms with van der Waals surface area (Å²) >= 11 is 0. The van der Waals surface area contributed by atoms with Crippen molar-refractivity contribution in [3.8, 4) is 16.9 Å². The number of hydrogen-bond acceptors (Lipinski definition) is 10. The molecule has 2 aromatic carbocycles. The Morgan fingerprint density at radius 1 is 1.02 bits per heavy atom. The summed E-state index contributed by atoms with van der Waals surface area (Å²) in [4.78, 5) is 4.43. The van der Waals surface area contributed by atoms with Gasteiger partial charge in [-0.15, -0.1) is 0 Å². The molecule has 0 aliphatic carbocycles. The molecule has 2 fully saturated rings. The molecule has 0 saturated carbocycles. The summed E-state index contributed by atoms with van der Waals surface area (Å²) in [5, 5.41) is 22.7. The maximum absolute atomic E-state index is 13.3. The maximum atomic E-state index is 13.3. The van der Waals surface area contributed by atoms with Crippen molar-refractivity contribution in [2.45, 2.75) is 46.8 Å². The van der Waals surface area contributed by atoms with Crippen LogP contribution in [0.25, 0.3) is 11.1 Å². The maximum Gasteiger partial charge on any atom is 0.243 e. The predicted molar refractivity (Wildman–Crippen MR) is 160 cm³/mol. The second-order valence-corrected chi connectivity index (χ2v) is 15.0. The molecule has 232 valence electrons. The van der Waals surface area contributed by atoms with Crippen molar-refractivity contribution in [3.63, 3.8) is 0 Å². The first kappa shape index (κ1) is 31.5. The molecular formula is C30H37N3O8S2. The first-order chi connectivity index (χ1) is 20.6. The van der Waals surface area contributed by atoms with Gasteiger partial charge in [0.25, 0.3) is 0 Å². The second kappa shape index (κ2) is 13.4. The number of aromatic nitrogens is 1. The third kappa shape index (κ3) is 7.60. The lowest BCUT2D eigenvalue weighted by molar-refractivity contribution is -0.0312. The molecule has 2 atom stereocenters. The van der Waals surface area contributed by atoms with Crippen LogP contribution in [-0.2, 0) is 24.6 Å². The zero-order chi connectivity index (χ0) is 30.5. The van der Waals surface area contributed by atoms with Gasteiger partial charge in [0.2, 0.25) is 10.0 Å². The van der Waals surface area contributed by atoms with Crippen LogP contribution in [-0.4, -0.2) is 99.3 Å². The Balaban J connectivity index is 1.07. The minimum atomic E-state index is -3.63. The molecule has 2 saturated heterocycles. The van der Waals surface area contributed by atoms with Crippen molar-refractivity contribution in [2.75, 3.05) is 45.2 Å². The highest BCUT2D eigenvalue weighted by molar-refractivity contribution is 7.91. The molecule has 2 aliphatic heterocycles. The quantitative estimate of drug-likeness (QED) is 0.270. The summed E-state index contributed by atoms with van der Waals surface area (Å²) < 4.78 is 64.3. The van der Waals surface area contributed by atoms with Gasteiger partial charge in [0.15, 0.2) is 9.84 Å². The van der Waals surface area contributed by atoms with Crippen LogP contribution in [0.1, 0.15) is 19.3 Å². The molecule has 1 spiro atoms. The number of sulfonamides is 1. The van der Waals surface area contributed by atoms with Crippen LogP contribution in [0.3, 0.4) is 0 Å². The van der Waals surface area contributed by atoms with Crippen molar-refractivity contribution in [1.29, 1.82) is 0 Å². The largest absolute Gasteiger partial charge is 0.491 e. The number of piperidine rings is 1. The fourth-order valence-corrected chi connectivity index (χ4v) is 8.01. The van der Waals surface area contributed by atoms with Gasteiger partial charge in [-0.05, 0) is 66.8 Å². The highest BCUT2D eigenvalue weighted by Crippen LogP contribution is 2.37.